The van der Waals surface area contributed by atoms with E-state index >= 15 is 0 Å². The third kappa shape index (κ3) is 3.80. The van der Waals surface area contributed by atoms with Crippen LogP contribution in [0.15, 0.2) is 12.1 Å². The lowest BCUT2D eigenvalue weighted by molar-refractivity contribution is 0.0454. The second-order valence-corrected chi connectivity index (χ2v) is 3.35. The van der Waals surface area contributed by atoms with Gasteiger partial charge < -0.3 is 23.7 Å². The Morgan fingerprint density at radius 3 is 2.06 bits per heavy atom. The summed E-state index contributed by atoms with van der Waals surface area (Å²) < 4.78 is 25.7. The Hall–Kier alpha value is -1.46. The average molecular weight is 242 g/mol. The van der Waals surface area contributed by atoms with Crippen molar-refractivity contribution in [1.29, 1.82) is 0 Å². The SMILES string of the molecule is COCOc1cc(OC)c(C)c(OCOC)c1. The summed E-state index contributed by atoms with van der Waals surface area (Å²) in [6.45, 7) is 2.26. The zero-order chi connectivity index (χ0) is 12.7. The van der Waals surface area contributed by atoms with Gasteiger partial charge in [0.2, 0.25) is 0 Å². The first-order valence-corrected chi connectivity index (χ1v) is 5.15. The van der Waals surface area contributed by atoms with Gasteiger partial charge in [0.25, 0.3) is 0 Å². The standard InChI is InChI=1S/C12H18O5/c1-9-11(15-4)5-10(16-7-13-2)6-12(9)17-8-14-3/h5-6H,7-8H2,1-4H3. The highest BCUT2D eigenvalue weighted by Gasteiger charge is 2.09. The molecular weight excluding hydrogens is 224 g/mol. The van der Waals surface area contributed by atoms with Gasteiger partial charge in [-0.15, -0.1) is 0 Å². The predicted octanol–water partition coefficient (Wildman–Crippen LogP) is 1.97. The topological polar surface area (TPSA) is 46.2 Å². The molecule has 0 aliphatic carbocycles. The van der Waals surface area contributed by atoms with Gasteiger partial charge in [-0.05, 0) is 6.92 Å². The van der Waals surface area contributed by atoms with E-state index in [2.05, 4.69) is 0 Å². The highest BCUT2D eigenvalue weighted by molar-refractivity contribution is 5.49. The van der Waals surface area contributed by atoms with Crippen LogP contribution in [0.3, 0.4) is 0 Å². The first-order chi connectivity index (χ1) is 8.22. The molecule has 0 N–H and O–H groups in total. The van der Waals surface area contributed by atoms with Crippen molar-refractivity contribution in [3.63, 3.8) is 0 Å². The van der Waals surface area contributed by atoms with Crippen molar-refractivity contribution in [2.45, 2.75) is 6.92 Å². The zero-order valence-corrected chi connectivity index (χ0v) is 10.6. The molecule has 5 heteroatoms. The molecule has 0 atom stereocenters. The molecule has 0 heterocycles. The van der Waals surface area contributed by atoms with Gasteiger partial charge >= 0.3 is 0 Å². The number of hydrogen-bond acceptors (Lipinski definition) is 5. The Morgan fingerprint density at radius 2 is 1.47 bits per heavy atom. The molecule has 0 aliphatic heterocycles. The van der Waals surface area contributed by atoms with Crippen LogP contribution in [0.2, 0.25) is 0 Å². The van der Waals surface area contributed by atoms with Crippen LogP contribution in [-0.4, -0.2) is 34.9 Å². The van der Waals surface area contributed by atoms with Crippen LogP contribution in [0, 0.1) is 6.92 Å². The molecule has 0 unspecified atom stereocenters. The lowest BCUT2D eigenvalue weighted by atomic mass is 10.2. The van der Waals surface area contributed by atoms with E-state index in [4.69, 9.17) is 23.7 Å². The molecule has 0 aliphatic rings. The number of hydrogen-bond donors (Lipinski definition) is 0. The van der Waals surface area contributed by atoms with Crippen molar-refractivity contribution in [2.24, 2.45) is 0 Å². The minimum atomic E-state index is 0.177. The summed E-state index contributed by atoms with van der Waals surface area (Å²) in [7, 11) is 4.73. The summed E-state index contributed by atoms with van der Waals surface area (Å²) in [5.41, 5.74) is 0.898. The van der Waals surface area contributed by atoms with E-state index in [1.165, 1.54) is 0 Å². The van der Waals surface area contributed by atoms with Crippen molar-refractivity contribution in [3.8, 4) is 17.2 Å². The molecule has 0 amide bonds. The summed E-state index contributed by atoms with van der Waals surface area (Å²) in [6.07, 6.45) is 0. The fourth-order valence-electron chi connectivity index (χ4n) is 1.33. The Labute approximate surface area is 101 Å². The van der Waals surface area contributed by atoms with E-state index in [0.717, 1.165) is 5.56 Å². The fourth-order valence-corrected chi connectivity index (χ4v) is 1.33. The molecule has 5 nitrogen and oxygen atoms in total. The monoisotopic (exact) mass is 242 g/mol. The Kier molecular flexibility index (Phi) is 5.59. The second kappa shape index (κ2) is 6.98. The molecule has 0 saturated heterocycles. The Morgan fingerprint density at radius 1 is 0.882 bits per heavy atom. The number of ether oxygens (including phenoxy) is 5. The van der Waals surface area contributed by atoms with Gasteiger partial charge in [0, 0.05) is 31.9 Å². The van der Waals surface area contributed by atoms with Crippen molar-refractivity contribution in [2.75, 3.05) is 34.9 Å². The summed E-state index contributed by atoms with van der Waals surface area (Å²) in [5, 5.41) is 0. The van der Waals surface area contributed by atoms with E-state index in [1.54, 1.807) is 33.5 Å². The smallest absolute Gasteiger partial charge is 0.188 e. The number of methoxy groups -OCH3 is 3. The van der Waals surface area contributed by atoms with E-state index < -0.39 is 0 Å². The van der Waals surface area contributed by atoms with Crippen LogP contribution >= 0.6 is 0 Å². The second-order valence-electron chi connectivity index (χ2n) is 3.35. The predicted molar refractivity (Wildman–Crippen MR) is 62.7 cm³/mol. The maximum Gasteiger partial charge on any atom is 0.188 e. The van der Waals surface area contributed by atoms with Gasteiger partial charge in [-0.1, -0.05) is 0 Å². The molecule has 0 spiro atoms. The summed E-state index contributed by atoms with van der Waals surface area (Å²) in [5.74, 6) is 1.99. The molecule has 0 saturated carbocycles. The molecule has 1 aromatic rings. The first-order valence-electron chi connectivity index (χ1n) is 5.15. The molecular formula is C12H18O5. The summed E-state index contributed by atoms with van der Waals surface area (Å²) >= 11 is 0. The van der Waals surface area contributed by atoms with E-state index in [-0.39, 0.29) is 13.6 Å². The Balaban J connectivity index is 2.92. The number of rotatable bonds is 7. The molecule has 1 rings (SSSR count). The van der Waals surface area contributed by atoms with Crippen molar-refractivity contribution in [1.82, 2.24) is 0 Å². The van der Waals surface area contributed by atoms with Crippen LogP contribution in [-0.2, 0) is 9.47 Å². The molecule has 0 fully saturated rings. The largest absolute Gasteiger partial charge is 0.496 e. The highest BCUT2D eigenvalue weighted by Crippen LogP contribution is 2.33. The summed E-state index contributed by atoms with van der Waals surface area (Å²) in [4.78, 5) is 0. The van der Waals surface area contributed by atoms with Crippen LogP contribution in [0.25, 0.3) is 0 Å². The third-order valence-corrected chi connectivity index (χ3v) is 2.18. The lowest BCUT2D eigenvalue weighted by Gasteiger charge is -2.14. The van der Waals surface area contributed by atoms with E-state index in [9.17, 15) is 0 Å². The molecule has 0 radical (unpaired) electrons. The van der Waals surface area contributed by atoms with Crippen LogP contribution in [0.1, 0.15) is 5.56 Å². The molecule has 1 aromatic carbocycles. The maximum absolute atomic E-state index is 5.43. The average Bonchev–Trinajstić information content (AvgIpc) is 2.35. The molecule has 96 valence electrons. The summed E-state index contributed by atoms with van der Waals surface area (Å²) in [6, 6.07) is 3.56. The molecule has 0 aromatic heterocycles. The van der Waals surface area contributed by atoms with Gasteiger partial charge in [0.1, 0.15) is 17.2 Å². The zero-order valence-electron chi connectivity index (χ0n) is 10.6. The number of benzene rings is 1. The third-order valence-electron chi connectivity index (χ3n) is 2.18. The van der Waals surface area contributed by atoms with Crippen LogP contribution in [0.4, 0.5) is 0 Å². The minimum Gasteiger partial charge on any atom is -0.496 e. The van der Waals surface area contributed by atoms with Gasteiger partial charge in [0.15, 0.2) is 13.6 Å². The quantitative estimate of drug-likeness (QED) is 0.684. The van der Waals surface area contributed by atoms with Gasteiger partial charge in [-0.25, -0.2) is 0 Å². The first kappa shape index (κ1) is 13.6. The fraction of sp³-hybridized carbons (Fsp3) is 0.500. The van der Waals surface area contributed by atoms with Gasteiger partial charge in [-0.2, -0.15) is 0 Å². The van der Waals surface area contributed by atoms with Crippen molar-refractivity contribution < 1.29 is 23.7 Å². The minimum absolute atomic E-state index is 0.177. The van der Waals surface area contributed by atoms with E-state index in [0.29, 0.717) is 17.2 Å². The maximum atomic E-state index is 5.43. The Bertz CT molecular complexity index is 351. The lowest BCUT2D eigenvalue weighted by Crippen LogP contribution is -2.04. The van der Waals surface area contributed by atoms with Gasteiger partial charge in [-0.3, -0.25) is 0 Å². The van der Waals surface area contributed by atoms with Crippen molar-refractivity contribution >= 4 is 0 Å². The highest BCUT2D eigenvalue weighted by atomic mass is 16.7. The molecule has 0 bridgehead atoms. The van der Waals surface area contributed by atoms with Crippen LogP contribution in [0.5, 0.6) is 17.2 Å². The van der Waals surface area contributed by atoms with Crippen molar-refractivity contribution in [3.05, 3.63) is 17.7 Å². The molecule has 17 heavy (non-hydrogen) atoms. The van der Waals surface area contributed by atoms with Crippen LogP contribution < -0.4 is 14.2 Å². The van der Waals surface area contributed by atoms with E-state index in [1.807, 2.05) is 6.92 Å². The normalized spacial score (nSPS) is 10.1. The van der Waals surface area contributed by atoms with Gasteiger partial charge in [0.05, 0.1) is 7.11 Å².